The minimum atomic E-state index is -1.77. The molecule has 0 amide bonds. The lowest BCUT2D eigenvalue weighted by Crippen LogP contribution is -2.42. The fraction of sp³-hybridized carbons (Fsp3) is 0.882. The van der Waals surface area contributed by atoms with Gasteiger partial charge in [0.2, 0.25) is 8.24 Å². The van der Waals surface area contributed by atoms with Crippen molar-refractivity contribution in [1.29, 1.82) is 0 Å². The van der Waals surface area contributed by atoms with E-state index in [9.17, 15) is 0 Å². The molecule has 3 heteroatoms. The van der Waals surface area contributed by atoms with Gasteiger partial charge in [-0.2, -0.15) is 0 Å². The molecule has 20 heavy (non-hydrogen) atoms. The average molecular weight is 298 g/mol. The molecule has 0 spiro atoms. The first-order chi connectivity index (χ1) is 8.97. The van der Waals surface area contributed by atoms with Crippen molar-refractivity contribution in [2.75, 3.05) is 0 Å². The summed E-state index contributed by atoms with van der Waals surface area (Å²) in [5.74, 6) is 4.18. The third kappa shape index (κ3) is 5.10. The number of ether oxygens (including phenoxy) is 1. The van der Waals surface area contributed by atoms with Crippen LogP contribution >= 0.6 is 0 Å². The van der Waals surface area contributed by atoms with E-state index in [2.05, 4.69) is 75.1 Å². The average Bonchev–Trinajstić information content (AvgIpc) is 2.24. The molecule has 0 aromatic carbocycles. The van der Waals surface area contributed by atoms with Gasteiger partial charge in [-0.1, -0.05) is 48.5 Å². The minimum absolute atomic E-state index is 0.175. The number of nitrogens with zero attached hydrogens (tertiary/aromatic N) is 1. The highest BCUT2D eigenvalue weighted by Gasteiger charge is 2.43. The first-order valence-corrected chi connectivity index (χ1v) is 10.2. The molecule has 0 N–H and O–H groups in total. The van der Waals surface area contributed by atoms with Gasteiger partial charge in [-0.3, -0.25) is 4.66 Å². The first kappa shape index (κ1) is 19.5. The molecule has 0 aliphatic carbocycles. The van der Waals surface area contributed by atoms with E-state index in [4.69, 9.17) is 9.39 Å². The Labute approximate surface area is 127 Å². The monoisotopic (exact) mass is 297 g/mol. The van der Waals surface area contributed by atoms with Crippen LogP contribution in [0.15, 0.2) is 10.4 Å². The van der Waals surface area contributed by atoms with Crippen molar-refractivity contribution in [1.82, 2.24) is 0 Å². The molecular weight excluding hydrogens is 262 g/mol. The molecule has 0 rings (SSSR count). The van der Waals surface area contributed by atoms with Crippen molar-refractivity contribution < 1.29 is 4.74 Å². The SMILES string of the molecule is CCC(=C=N[Si](C(C)C)(C(C)C)C(C)C)OC(C)(C)C. The van der Waals surface area contributed by atoms with E-state index in [1.165, 1.54) is 0 Å². The summed E-state index contributed by atoms with van der Waals surface area (Å²) in [5, 5.41) is 0. The van der Waals surface area contributed by atoms with Crippen LogP contribution in [0.2, 0.25) is 16.6 Å². The first-order valence-electron chi connectivity index (χ1n) is 8.00. The van der Waals surface area contributed by atoms with Crippen LogP contribution in [0.3, 0.4) is 0 Å². The Morgan fingerprint density at radius 1 is 1.00 bits per heavy atom. The number of allylic oxidation sites excluding steroid dienone is 1. The summed E-state index contributed by atoms with van der Waals surface area (Å²) < 4.78 is 11.0. The zero-order valence-corrected chi connectivity index (χ0v) is 16.3. The molecular formula is C17H35NOSi. The lowest BCUT2D eigenvalue weighted by Gasteiger charge is -2.37. The summed E-state index contributed by atoms with van der Waals surface area (Å²) in [6.07, 6.45) is 0.847. The van der Waals surface area contributed by atoms with Crippen LogP contribution < -0.4 is 0 Å². The van der Waals surface area contributed by atoms with E-state index in [1.54, 1.807) is 0 Å². The smallest absolute Gasteiger partial charge is 0.201 e. The largest absolute Gasteiger partial charge is 0.483 e. The summed E-state index contributed by atoms with van der Waals surface area (Å²) >= 11 is 0. The number of rotatable bonds is 6. The van der Waals surface area contributed by atoms with Gasteiger partial charge in [0.15, 0.2) is 5.76 Å². The summed E-state index contributed by atoms with van der Waals surface area (Å²) in [5.41, 5.74) is 1.67. The maximum Gasteiger partial charge on any atom is 0.201 e. The van der Waals surface area contributed by atoms with Gasteiger partial charge in [0, 0.05) is 12.3 Å². The van der Waals surface area contributed by atoms with Crippen LogP contribution in [0, 0.1) is 0 Å². The maximum absolute atomic E-state index is 5.96. The summed E-state index contributed by atoms with van der Waals surface area (Å²) in [6, 6.07) is 0. The number of hydrogen-bond acceptors (Lipinski definition) is 2. The second-order valence-electron chi connectivity index (χ2n) is 7.57. The van der Waals surface area contributed by atoms with Crippen molar-refractivity contribution >= 4 is 14.1 Å². The van der Waals surface area contributed by atoms with Crippen molar-refractivity contribution in [2.24, 2.45) is 4.66 Å². The molecule has 0 aliphatic rings. The Morgan fingerprint density at radius 2 is 1.40 bits per heavy atom. The Balaban J connectivity index is 5.69. The summed E-state index contributed by atoms with van der Waals surface area (Å²) in [4.78, 5) is 0. The summed E-state index contributed by atoms with van der Waals surface area (Å²) in [6.45, 7) is 22.2. The normalized spacial score (nSPS) is 12.8. The van der Waals surface area contributed by atoms with Crippen LogP contribution in [-0.4, -0.2) is 19.7 Å². The van der Waals surface area contributed by atoms with Crippen molar-refractivity contribution in [3.8, 4) is 0 Å². The third-order valence-electron chi connectivity index (χ3n) is 3.90. The van der Waals surface area contributed by atoms with Crippen LogP contribution in [0.25, 0.3) is 0 Å². The van der Waals surface area contributed by atoms with Crippen molar-refractivity contribution in [2.45, 2.75) is 97.9 Å². The predicted molar refractivity (Wildman–Crippen MR) is 93.1 cm³/mol. The van der Waals surface area contributed by atoms with Gasteiger partial charge in [0.05, 0.1) is 0 Å². The van der Waals surface area contributed by atoms with Crippen molar-refractivity contribution in [3.63, 3.8) is 0 Å². The highest BCUT2D eigenvalue weighted by atomic mass is 28.3. The highest BCUT2D eigenvalue weighted by Crippen LogP contribution is 2.42. The second-order valence-corrected chi connectivity index (χ2v) is 13.0. The van der Waals surface area contributed by atoms with Crippen LogP contribution in [-0.2, 0) is 4.74 Å². The lowest BCUT2D eigenvalue weighted by molar-refractivity contribution is 0.0516. The third-order valence-corrected chi connectivity index (χ3v) is 9.95. The Bertz CT molecular complexity index is 336. The van der Waals surface area contributed by atoms with Crippen molar-refractivity contribution in [3.05, 3.63) is 5.76 Å². The van der Waals surface area contributed by atoms with E-state index in [0.29, 0.717) is 16.6 Å². The predicted octanol–water partition coefficient (Wildman–Crippen LogP) is 5.94. The standard InChI is InChI=1S/C17H35NOSi/c1-11-16(19-17(8,9)10)12-18-20(13(2)3,14(4)5)15(6)7/h13-15H,11H2,1-10H3. The van der Waals surface area contributed by atoms with Gasteiger partial charge < -0.3 is 4.74 Å². The second kappa shape index (κ2) is 7.47. The molecule has 0 fully saturated rings. The van der Waals surface area contributed by atoms with Crippen LogP contribution in [0.5, 0.6) is 0 Å². The number of hydrogen-bond donors (Lipinski definition) is 0. The molecule has 2 nitrogen and oxygen atoms in total. The van der Waals surface area contributed by atoms with E-state index in [-0.39, 0.29) is 5.60 Å². The highest BCUT2D eigenvalue weighted by molar-refractivity contribution is 6.82. The Kier molecular flexibility index (Phi) is 7.27. The molecule has 0 saturated heterocycles. The zero-order chi connectivity index (χ0) is 16.1. The van der Waals surface area contributed by atoms with Crippen LogP contribution in [0.1, 0.15) is 75.7 Å². The molecule has 0 radical (unpaired) electrons. The topological polar surface area (TPSA) is 21.6 Å². The molecule has 0 aromatic heterocycles. The Morgan fingerprint density at radius 3 is 1.65 bits per heavy atom. The van der Waals surface area contributed by atoms with E-state index in [1.807, 2.05) is 0 Å². The molecule has 0 unspecified atom stereocenters. The fourth-order valence-corrected chi connectivity index (χ4v) is 8.18. The summed E-state index contributed by atoms with van der Waals surface area (Å²) in [7, 11) is -1.77. The van der Waals surface area contributed by atoms with Gasteiger partial charge in [-0.15, -0.1) is 0 Å². The van der Waals surface area contributed by atoms with E-state index < -0.39 is 8.24 Å². The quantitative estimate of drug-likeness (QED) is 0.338. The molecule has 0 atom stereocenters. The molecule has 0 aliphatic heterocycles. The van der Waals surface area contributed by atoms with Gasteiger partial charge >= 0.3 is 0 Å². The Hall–Kier alpha value is -0.533. The zero-order valence-electron chi connectivity index (χ0n) is 15.3. The van der Waals surface area contributed by atoms with E-state index >= 15 is 0 Å². The van der Waals surface area contributed by atoms with Gasteiger partial charge in [-0.25, -0.2) is 0 Å². The van der Waals surface area contributed by atoms with Gasteiger partial charge in [-0.05, 0) is 37.4 Å². The maximum atomic E-state index is 5.96. The van der Waals surface area contributed by atoms with Gasteiger partial charge in [0.1, 0.15) is 5.60 Å². The van der Waals surface area contributed by atoms with E-state index in [0.717, 1.165) is 12.2 Å². The van der Waals surface area contributed by atoms with Crippen LogP contribution in [0.4, 0.5) is 0 Å². The fourth-order valence-electron chi connectivity index (χ4n) is 3.09. The van der Waals surface area contributed by atoms with Gasteiger partial charge in [0.25, 0.3) is 0 Å². The molecule has 0 aromatic rings. The molecule has 0 saturated carbocycles. The molecule has 0 bridgehead atoms. The lowest BCUT2D eigenvalue weighted by atomic mass is 10.2. The molecule has 0 heterocycles. The minimum Gasteiger partial charge on any atom is -0.483 e. The molecule has 118 valence electrons.